The van der Waals surface area contributed by atoms with Gasteiger partial charge in [0.05, 0.1) is 4.90 Å². The number of aliphatic carboxylic acids is 1. The van der Waals surface area contributed by atoms with E-state index in [1.165, 1.54) is 23.6 Å². The highest BCUT2D eigenvalue weighted by Gasteiger charge is 2.38. The van der Waals surface area contributed by atoms with Crippen LogP contribution in [0.15, 0.2) is 23.1 Å². The molecule has 0 aromatic heterocycles. The van der Waals surface area contributed by atoms with Crippen LogP contribution in [-0.4, -0.2) is 105 Å². The molecule has 1 amide bonds. The molecule has 13 heteroatoms. The van der Waals surface area contributed by atoms with Gasteiger partial charge in [-0.05, 0) is 51.4 Å². The van der Waals surface area contributed by atoms with E-state index in [0.29, 0.717) is 31.1 Å². The summed E-state index contributed by atoms with van der Waals surface area (Å²) in [6.45, 7) is 10.2. The Hall–Kier alpha value is -2.22. The van der Waals surface area contributed by atoms with Crippen LogP contribution in [0.3, 0.4) is 0 Å². The predicted octanol–water partition coefficient (Wildman–Crippen LogP) is 2.24. The van der Waals surface area contributed by atoms with Gasteiger partial charge in [-0.25, -0.2) is 13.2 Å². The maximum absolute atomic E-state index is 13.5. The van der Waals surface area contributed by atoms with Gasteiger partial charge in [0.2, 0.25) is 15.9 Å². The Bertz CT molecular complexity index is 1010. The summed E-state index contributed by atoms with van der Waals surface area (Å²) in [6, 6.07) is 5.45. The zero-order valence-corrected chi connectivity index (χ0v) is 22.2. The summed E-state index contributed by atoms with van der Waals surface area (Å²) in [6.07, 6.45) is -1.26. The number of hydrogen-bond acceptors (Lipinski definition) is 6. The highest BCUT2D eigenvalue weighted by Crippen LogP contribution is 2.22. The summed E-state index contributed by atoms with van der Waals surface area (Å²) < 4.78 is 60.3. The molecule has 0 saturated carbocycles. The Morgan fingerprint density at radius 3 is 2.16 bits per heavy atom. The Labute approximate surface area is 216 Å². The minimum atomic E-state index is -5.08. The molecule has 2 fully saturated rings. The largest absolute Gasteiger partial charge is 0.490 e. The van der Waals surface area contributed by atoms with Gasteiger partial charge in [0, 0.05) is 52.2 Å². The van der Waals surface area contributed by atoms with E-state index in [1.807, 2.05) is 30.9 Å². The molecule has 2 saturated heterocycles. The summed E-state index contributed by atoms with van der Waals surface area (Å²) in [4.78, 5) is 26.1. The molecule has 2 aliphatic rings. The minimum Gasteiger partial charge on any atom is -0.475 e. The average Bonchev–Trinajstić information content (AvgIpc) is 2.84. The fraction of sp³-hybridized carbons (Fsp3) is 0.667. The van der Waals surface area contributed by atoms with E-state index in [-0.39, 0.29) is 18.9 Å². The van der Waals surface area contributed by atoms with Crippen LogP contribution in [0.1, 0.15) is 36.8 Å². The van der Waals surface area contributed by atoms with Gasteiger partial charge in [-0.2, -0.15) is 17.5 Å². The molecule has 1 aromatic rings. The standard InChI is InChI=1S/C22H36N4O3S.C2HF3O2/c1-19-6-7-21(20(2)18-19)30(28,29)26(17-16-24-11-4-3-5-12-24)13-8-22(27)25-14-9-23-10-15-25;3-2(4,5)1(6)7/h6-7,18,23H,3-5,8-17H2,1-2H3;(H,6,7). The first kappa shape index (κ1) is 31.0. The van der Waals surface area contributed by atoms with Crippen LogP contribution < -0.4 is 5.32 Å². The quantitative estimate of drug-likeness (QED) is 0.511. The number of aryl methyl sites for hydroxylation is 2. The molecule has 2 heterocycles. The smallest absolute Gasteiger partial charge is 0.475 e. The fourth-order valence-electron chi connectivity index (χ4n) is 4.31. The van der Waals surface area contributed by atoms with Crippen molar-refractivity contribution in [2.45, 2.75) is 50.6 Å². The minimum absolute atomic E-state index is 0.0373. The number of nitrogens with zero attached hydrogens (tertiary/aromatic N) is 3. The van der Waals surface area contributed by atoms with Crippen molar-refractivity contribution in [2.24, 2.45) is 0 Å². The first-order valence-corrected chi connectivity index (χ1v) is 13.8. The maximum atomic E-state index is 13.5. The van der Waals surface area contributed by atoms with Gasteiger partial charge in [0.15, 0.2) is 0 Å². The number of hydrogen-bond donors (Lipinski definition) is 2. The highest BCUT2D eigenvalue weighted by atomic mass is 32.2. The van der Waals surface area contributed by atoms with Crippen molar-refractivity contribution in [1.29, 1.82) is 0 Å². The van der Waals surface area contributed by atoms with E-state index in [9.17, 15) is 26.4 Å². The lowest BCUT2D eigenvalue weighted by molar-refractivity contribution is -0.192. The molecule has 37 heavy (non-hydrogen) atoms. The predicted molar refractivity (Wildman–Crippen MR) is 133 cm³/mol. The van der Waals surface area contributed by atoms with Gasteiger partial charge in [0.25, 0.3) is 0 Å². The molecule has 0 bridgehead atoms. The topological polar surface area (TPSA) is 110 Å². The third kappa shape index (κ3) is 9.87. The monoisotopic (exact) mass is 550 g/mol. The summed E-state index contributed by atoms with van der Waals surface area (Å²) in [5.41, 5.74) is 1.80. The zero-order valence-electron chi connectivity index (χ0n) is 21.4. The van der Waals surface area contributed by atoms with Gasteiger partial charge in [0.1, 0.15) is 0 Å². The van der Waals surface area contributed by atoms with Crippen molar-refractivity contribution in [3.63, 3.8) is 0 Å². The maximum Gasteiger partial charge on any atom is 0.490 e. The second-order valence-electron chi connectivity index (χ2n) is 9.26. The number of piperazine rings is 1. The van der Waals surface area contributed by atoms with Crippen molar-refractivity contribution in [3.8, 4) is 0 Å². The molecule has 0 aliphatic carbocycles. The van der Waals surface area contributed by atoms with Crippen LogP contribution in [0.4, 0.5) is 13.2 Å². The lowest BCUT2D eigenvalue weighted by Gasteiger charge is -2.31. The Morgan fingerprint density at radius 2 is 1.62 bits per heavy atom. The number of nitrogens with one attached hydrogen (secondary N) is 1. The number of rotatable bonds is 8. The van der Waals surface area contributed by atoms with Crippen LogP contribution in [0.25, 0.3) is 0 Å². The number of halogens is 3. The SMILES string of the molecule is Cc1ccc(S(=O)(=O)N(CCC(=O)N2CCNCC2)CCN2CCCCC2)c(C)c1.O=C(O)C(F)(F)F. The summed E-state index contributed by atoms with van der Waals surface area (Å²) in [7, 11) is -3.65. The number of carbonyl (C=O) groups is 2. The van der Waals surface area contributed by atoms with E-state index < -0.39 is 22.2 Å². The Balaban J connectivity index is 0.000000604. The van der Waals surface area contributed by atoms with Crippen LogP contribution in [0.2, 0.25) is 0 Å². The summed E-state index contributed by atoms with van der Waals surface area (Å²) >= 11 is 0. The molecule has 1 aromatic carbocycles. The Kier molecular flexibility index (Phi) is 11.8. The molecule has 2 N–H and O–H groups in total. The van der Waals surface area contributed by atoms with Crippen LogP contribution in [0.5, 0.6) is 0 Å². The molecule has 0 radical (unpaired) electrons. The lowest BCUT2D eigenvalue weighted by Crippen LogP contribution is -2.47. The van der Waals surface area contributed by atoms with Crippen molar-refractivity contribution < 1.29 is 36.3 Å². The third-order valence-electron chi connectivity index (χ3n) is 6.35. The average molecular weight is 551 g/mol. The summed E-state index contributed by atoms with van der Waals surface area (Å²) in [5, 5.41) is 10.4. The number of carboxylic acids is 1. The van der Waals surface area contributed by atoms with Crippen molar-refractivity contribution >= 4 is 21.9 Å². The fourth-order valence-corrected chi connectivity index (χ4v) is 5.95. The molecule has 9 nitrogen and oxygen atoms in total. The van der Waals surface area contributed by atoms with Crippen molar-refractivity contribution in [2.75, 3.05) is 58.9 Å². The van der Waals surface area contributed by atoms with E-state index in [0.717, 1.165) is 37.3 Å². The Morgan fingerprint density at radius 1 is 1.03 bits per heavy atom. The van der Waals surface area contributed by atoms with E-state index in [1.54, 1.807) is 6.07 Å². The second-order valence-corrected chi connectivity index (χ2v) is 11.2. The molecule has 0 spiro atoms. The number of likely N-dealkylation sites (tertiary alicyclic amines) is 1. The van der Waals surface area contributed by atoms with Crippen molar-refractivity contribution in [3.05, 3.63) is 29.3 Å². The van der Waals surface area contributed by atoms with Crippen molar-refractivity contribution in [1.82, 2.24) is 19.4 Å². The van der Waals surface area contributed by atoms with E-state index in [2.05, 4.69) is 10.2 Å². The number of sulfonamides is 1. The molecular weight excluding hydrogens is 513 g/mol. The lowest BCUT2D eigenvalue weighted by atomic mass is 10.1. The summed E-state index contributed by atoms with van der Waals surface area (Å²) in [5.74, 6) is -2.72. The van der Waals surface area contributed by atoms with Crippen LogP contribution in [-0.2, 0) is 19.6 Å². The van der Waals surface area contributed by atoms with E-state index in [4.69, 9.17) is 9.90 Å². The molecule has 3 rings (SSSR count). The van der Waals surface area contributed by atoms with Gasteiger partial charge >= 0.3 is 12.1 Å². The van der Waals surface area contributed by atoms with Gasteiger partial charge in [-0.15, -0.1) is 0 Å². The molecule has 210 valence electrons. The normalized spacial score (nSPS) is 17.3. The number of alkyl halides is 3. The highest BCUT2D eigenvalue weighted by molar-refractivity contribution is 7.89. The first-order chi connectivity index (χ1) is 17.3. The number of piperidine rings is 1. The van der Waals surface area contributed by atoms with Gasteiger partial charge < -0.3 is 20.2 Å². The van der Waals surface area contributed by atoms with E-state index >= 15 is 0 Å². The molecule has 0 unspecified atom stereocenters. The van der Waals surface area contributed by atoms with Gasteiger partial charge in [-0.3, -0.25) is 4.79 Å². The van der Waals surface area contributed by atoms with Crippen LogP contribution in [0, 0.1) is 13.8 Å². The number of amides is 1. The number of carboxylic acid groups (broad SMARTS) is 1. The van der Waals surface area contributed by atoms with Gasteiger partial charge in [-0.1, -0.05) is 24.1 Å². The van der Waals surface area contributed by atoms with Crippen LogP contribution >= 0.6 is 0 Å². The second kappa shape index (κ2) is 14.1. The number of carbonyl (C=O) groups excluding carboxylic acids is 1. The molecule has 2 aliphatic heterocycles. The third-order valence-corrected chi connectivity index (χ3v) is 8.41. The molecular formula is C24H37F3N4O5S. The first-order valence-electron chi connectivity index (χ1n) is 12.4. The molecule has 0 atom stereocenters. The zero-order chi connectivity index (χ0) is 27.6. The number of benzene rings is 1.